The minimum absolute atomic E-state index is 0. The van der Waals surface area contributed by atoms with Crippen LogP contribution < -0.4 is 74.6 Å². The zero-order chi connectivity index (χ0) is 7.28. The molecule has 0 aliphatic carbocycles. The summed E-state index contributed by atoms with van der Waals surface area (Å²) in [6.45, 7) is -0.929. The normalized spacial score (nSPS) is 6.67. The number of hydrogen-bond donors (Lipinski definition) is 1. The Bertz CT molecular complexity index is 120. The van der Waals surface area contributed by atoms with Gasteiger partial charge in [-0.25, -0.2) is 0 Å². The molecule has 0 aromatic heterocycles. The molecule has 0 aliphatic rings. The number of carbonyl (C=O) groups excluding carboxylic acids is 2. The van der Waals surface area contributed by atoms with Crippen LogP contribution in [0.4, 0.5) is 0 Å². The van der Waals surface area contributed by atoms with Crippen molar-refractivity contribution in [3.63, 3.8) is 0 Å². The molecule has 0 fully saturated rings. The number of aliphatic carboxylic acids is 2. The van der Waals surface area contributed by atoms with Crippen LogP contribution in [0, 0.1) is 0 Å². The second-order valence-corrected chi connectivity index (χ2v) is 1.35. The van der Waals surface area contributed by atoms with Crippen molar-refractivity contribution in [2.75, 3.05) is 13.1 Å². The van der Waals surface area contributed by atoms with Gasteiger partial charge in [-0.2, -0.15) is 0 Å². The predicted octanol–water partition coefficient (Wildman–Crippen LogP) is -9.49. The zero-order valence-electron chi connectivity index (χ0n) is 6.96. The van der Waals surface area contributed by atoms with Crippen LogP contribution in [0.3, 0.4) is 0 Å². The molecule has 0 aromatic carbocycles. The molecule has 0 aliphatic heterocycles. The van der Waals surface area contributed by atoms with Gasteiger partial charge in [-0.3, -0.25) is 0 Å². The molecular weight excluding hydrogens is 207 g/mol. The van der Waals surface area contributed by atoms with E-state index in [0.717, 1.165) is 0 Å². The standard InChI is InChI=1S/C4H7NO4.ClH.2Na/c6-3(7)1-5-2-4(8)9;;;/h5H,1-2H2,(H,6,7)(H,8,9);1H;;/q;;2*+1/p-2. The van der Waals surface area contributed by atoms with Crippen LogP contribution in [0.1, 0.15) is 0 Å². The molecule has 0 rings (SSSR count). The Morgan fingerprint density at radius 1 is 1.00 bits per heavy atom. The van der Waals surface area contributed by atoms with Gasteiger partial charge < -0.3 is 25.1 Å². The van der Waals surface area contributed by atoms with Gasteiger partial charge in [0.25, 0.3) is 0 Å². The molecule has 0 atom stereocenters. The monoisotopic (exact) mass is 213 g/mol. The Labute approximate surface area is 120 Å². The van der Waals surface area contributed by atoms with E-state index in [4.69, 9.17) is 0 Å². The Morgan fingerprint density at radius 2 is 1.25 bits per heavy atom. The van der Waals surface area contributed by atoms with Crippen LogP contribution >= 0.6 is 12.4 Å². The van der Waals surface area contributed by atoms with Gasteiger partial charge in [0.15, 0.2) is 0 Å². The van der Waals surface area contributed by atoms with Crippen LogP contribution in [-0.2, 0) is 9.59 Å². The van der Waals surface area contributed by atoms with E-state index in [1.54, 1.807) is 0 Å². The first-order valence-corrected chi connectivity index (χ1v) is 2.23. The van der Waals surface area contributed by atoms with Crippen molar-refractivity contribution in [1.29, 1.82) is 0 Å². The maximum Gasteiger partial charge on any atom is 1.00 e. The number of nitrogens with one attached hydrogen (secondary N) is 1. The van der Waals surface area contributed by atoms with Gasteiger partial charge in [0.05, 0.1) is 11.9 Å². The number of halogens is 1. The SMILES string of the molecule is Cl.O=C([O-])CNCC(=O)[O-].[Na+].[Na+]. The maximum atomic E-state index is 9.59. The van der Waals surface area contributed by atoms with E-state index in [1.807, 2.05) is 0 Å². The van der Waals surface area contributed by atoms with E-state index in [2.05, 4.69) is 5.32 Å². The largest absolute Gasteiger partial charge is 1.00 e. The molecule has 0 bridgehead atoms. The molecule has 0 radical (unpaired) electrons. The fourth-order valence-corrected chi connectivity index (χ4v) is 0.267. The Balaban J connectivity index is -0.000000107. The van der Waals surface area contributed by atoms with E-state index in [9.17, 15) is 19.8 Å². The van der Waals surface area contributed by atoms with Crippen molar-refractivity contribution in [2.24, 2.45) is 0 Å². The van der Waals surface area contributed by atoms with Crippen molar-refractivity contribution < 1.29 is 78.9 Å². The smallest absolute Gasteiger partial charge is 0.549 e. The third-order valence-corrected chi connectivity index (χ3v) is 0.539. The van der Waals surface area contributed by atoms with Crippen LogP contribution in [0.15, 0.2) is 0 Å². The summed E-state index contributed by atoms with van der Waals surface area (Å²) in [6.07, 6.45) is 0. The topological polar surface area (TPSA) is 92.3 Å². The molecule has 0 spiro atoms. The Hall–Kier alpha value is 1.19. The summed E-state index contributed by atoms with van der Waals surface area (Å²) in [4.78, 5) is 19.2. The van der Waals surface area contributed by atoms with E-state index in [0.29, 0.717) is 0 Å². The van der Waals surface area contributed by atoms with Crippen molar-refractivity contribution in [1.82, 2.24) is 5.32 Å². The summed E-state index contributed by atoms with van der Waals surface area (Å²) >= 11 is 0. The van der Waals surface area contributed by atoms with Crippen LogP contribution in [0.2, 0.25) is 0 Å². The van der Waals surface area contributed by atoms with Crippen molar-refractivity contribution in [2.45, 2.75) is 0 Å². The number of hydrogen-bond acceptors (Lipinski definition) is 5. The van der Waals surface area contributed by atoms with E-state index in [1.165, 1.54) is 0 Å². The first-order chi connectivity index (χ1) is 4.13. The predicted molar refractivity (Wildman–Crippen MR) is 30.1 cm³/mol. The maximum absolute atomic E-state index is 9.59. The van der Waals surface area contributed by atoms with Gasteiger partial charge in [0, 0.05) is 13.1 Å². The fraction of sp³-hybridized carbons (Fsp3) is 0.500. The summed E-state index contributed by atoms with van der Waals surface area (Å²) in [6, 6.07) is 0. The van der Waals surface area contributed by atoms with Gasteiger partial charge in [-0.15, -0.1) is 12.4 Å². The number of carboxylic acids is 2. The van der Waals surface area contributed by atoms with Gasteiger partial charge in [-0.05, 0) is 0 Å². The third kappa shape index (κ3) is 22.5. The second-order valence-electron chi connectivity index (χ2n) is 1.35. The number of carboxylic acid groups (broad SMARTS) is 2. The number of rotatable bonds is 4. The average Bonchev–Trinajstić information content (AvgIpc) is 1.63. The summed E-state index contributed by atoms with van der Waals surface area (Å²) in [5.74, 6) is -2.67. The molecule has 0 aromatic rings. The molecule has 5 nitrogen and oxygen atoms in total. The third-order valence-electron chi connectivity index (χ3n) is 0.539. The Kier molecular flexibility index (Phi) is 28.4. The zero-order valence-corrected chi connectivity index (χ0v) is 11.8. The molecule has 8 heteroatoms. The molecule has 1 N–H and O–H groups in total. The molecule has 0 heterocycles. The van der Waals surface area contributed by atoms with Crippen molar-refractivity contribution >= 4 is 24.3 Å². The molecule has 60 valence electrons. The van der Waals surface area contributed by atoms with Gasteiger partial charge in [0.2, 0.25) is 0 Å². The van der Waals surface area contributed by atoms with Crippen molar-refractivity contribution in [3.8, 4) is 0 Å². The molecule has 0 unspecified atom stereocenters. The van der Waals surface area contributed by atoms with Crippen LogP contribution in [-0.4, -0.2) is 25.0 Å². The van der Waals surface area contributed by atoms with E-state index < -0.39 is 25.0 Å². The first kappa shape index (κ1) is 23.2. The minimum Gasteiger partial charge on any atom is -0.549 e. The van der Waals surface area contributed by atoms with Crippen LogP contribution in [0.25, 0.3) is 0 Å². The van der Waals surface area contributed by atoms with E-state index >= 15 is 0 Å². The first-order valence-electron chi connectivity index (χ1n) is 2.23. The average molecular weight is 214 g/mol. The van der Waals surface area contributed by atoms with Crippen molar-refractivity contribution in [3.05, 3.63) is 0 Å². The van der Waals surface area contributed by atoms with Gasteiger partial charge >= 0.3 is 59.1 Å². The molecule has 12 heavy (non-hydrogen) atoms. The van der Waals surface area contributed by atoms with E-state index in [-0.39, 0.29) is 71.5 Å². The summed E-state index contributed by atoms with van der Waals surface area (Å²) in [5.41, 5.74) is 0. The quantitative estimate of drug-likeness (QED) is 0.468. The van der Waals surface area contributed by atoms with Crippen LogP contribution in [0.5, 0.6) is 0 Å². The molecule has 0 amide bonds. The fourth-order valence-electron chi connectivity index (χ4n) is 0.267. The van der Waals surface area contributed by atoms with Gasteiger partial charge in [0.1, 0.15) is 0 Å². The Morgan fingerprint density at radius 3 is 1.42 bits per heavy atom. The summed E-state index contributed by atoms with van der Waals surface area (Å²) in [5, 5.41) is 21.2. The molecule has 0 saturated heterocycles. The summed E-state index contributed by atoms with van der Waals surface area (Å²) in [7, 11) is 0. The second kappa shape index (κ2) is 14.7. The minimum atomic E-state index is -1.34. The molecular formula is C4H6ClNNa2O4. The number of carbonyl (C=O) groups is 2. The van der Waals surface area contributed by atoms with Gasteiger partial charge in [-0.1, -0.05) is 0 Å². The molecule has 0 saturated carbocycles. The summed E-state index contributed by atoms with van der Waals surface area (Å²) < 4.78 is 0.